The Kier molecular flexibility index (Phi) is 8.25. The number of rotatable bonds is 6. The molecule has 1 aliphatic heterocycles. The molecule has 1 heterocycles. The molecule has 1 N–H and O–H groups in total. The molecule has 9 heteroatoms. The number of hydrogen-bond donors (Lipinski definition) is 1. The van der Waals surface area contributed by atoms with E-state index in [9.17, 15) is 17.6 Å². The van der Waals surface area contributed by atoms with Gasteiger partial charge in [-0.3, -0.25) is 4.90 Å². The molecular formula is C16H22Cl2F4N2O. The van der Waals surface area contributed by atoms with Gasteiger partial charge in [0.05, 0.1) is 0 Å². The summed E-state index contributed by atoms with van der Waals surface area (Å²) in [6.45, 7) is 3.56. The van der Waals surface area contributed by atoms with Crippen LogP contribution in [0.5, 0.6) is 5.75 Å². The summed E-state index contributed by atoms with van der Waals surface area (Å²) in [5.41, 5.74) is 0.858. The molecule has 25 heavy (non-hydrogen) atoms. The van der Waals surface area contributed by atoms with E-state index < -0.39 is 12.5 Å². The second kappa shape index (κ2) is 9.26. The van der Waals surface area contributed by atoms with Gasteiger partial charge in [-0.1, -0.05) is 12.1 Å². The van der Waals surface area contributed by atoms with Gasteiger partial charge in [-0.05, 0) is 36.5 Å². The van der Waals surface area contributed by atoms with Crippen LogP contribution in [-0.4, -0.2) is 43.6 Å². The second-order valence-corrected chi connectivity index (χ2v) is 6.11. The Balaban J connectivity index is 0.00000156. The van der Waals surface area contributed by atoms with Gasteiger partial charge >= 0.3 is 12.5 Å². The lowest BCUT2D eigenvalue weighted by Crippen LogP contribution is -2.45. The lowest BCUT2D eigenvalue weighted by atomic mass is 9.99. The minimum Gasteiger partial charge on any atom is -0.428 e. The smallest absolute Gasteiger partial charge is 0.428 e. The normalized spacial score (nSPS) is 19.7. The summed E-state index contributed by atoms with van der Waals surface area (Å²) in [5, 5.41) is 3.29. The van der Waals surface area contributed by atoms with E-state index in [0.29, 0.717) is 5.92 Å². The molecule has 1 aliphatic carbocycles. The summed E-state index contributed by atoms with van der Waals surface area (Å²) in [4.78, 5) is 2.33. The molecule has 1 aromatic carbocycles. The van der Waals surface area contributed by atoms with Crippen molar-refractivity contribution in [1.29, 1.82) is 0 Å². The third-order valence-electron chi connectivity index (χ3n) is 4.32. The van der Waals surface area contributed by atoms with Crippen LogP contribution >= 0.6 is 24.8 Å². The number of piperazine rings is 1. The van der Waals surface area contributed by atoms with Crippen LogP contribution in [0.3, 0.4) is 0 Å². The fourth-order valence-corrected chi connectivity index (χ4v) is 3.12. The van der Waals surface area contributed by atoms with E-state index in [1.54, 1.807) is 6.07 Å². The number of halogens is 6. The first-order chi connectivity index (χ1) is 11.0. The van der Waals surface area contributed by atoms with Crippen molar-refractivity contribution in [1.82, 2.24) is 10.2 Å². The van der Waals surface area contributed by atoms with Crippen molar-refractivity contribution < 1.29 is 22.3 Å². The van der Waals surface area contributed by atoms with Crippen molar-refractivity contribution in [2.45, 2.75) is 31.4 Å². The Hall–Kier alpha value is -0.760. The molecule has 0 amide bonds. The van der Waals surface area contributed by atoms with Gasteiger partial charge in [0.1, 0.15) is 5.75 Å². The van der Waals surface area contributed by atoms with Gasteiger partial charge in [0, 0.05) is 32.2 Å². The highest BCUT2D eigenvalue weighted by Gasteiger charge is 2.44. The van der Waals surface area contributed by atoms with Crippen molar-refractivity contribution >= 4 is 24.8 Å². The first-order valence-corrected chi connectivity index (χ1v) is 7.87. The fourth-order valence-electron chi connectivity index (χ4n) is 3.12. The van der Waals surface area contributed by atoms with Crippen LogP contribution in [0.25, 0.3) is 0 Å². The molecule has 1 aromatic rings. The van der Waals surface area contributed by atoms with Gasteiger partial charge in [0.2, 0.25) is 0 Å². The monoisotopic (exact) mass is 404 g/mol. The van der Waals surface area contributed by atoms with Crippen LogP contribution in [0, 0.1) is 5.92 Å². The topological polar surface area (TPSA) is 24.5 Å². The quantitative estimate of drug-likeness (QED) is 0.721. The number of alkyl halides is 4. The van der Waals surface area contributed by atoms with Crippen LogP contribution in [-0.2, 0) is 0 Å². The molecular weight excluding hydrogens is 383 g/mol. The van der Waals surface area contributed by atoms with Gasteiger partial charge in [0.15, 0.2) is 0 Å². The molecule has 144 valence electrons. The highest BCUT2D eigenvalue weighted by atomic mass is 35.5. The Bertz CT molecular complexity index is 541. The average molecular weight is 405 g/mol. The maximum Gasteiger partial charge on any atom is 0.461 e. The molecule has 0 radical (unpaired) electrons. The number of ether oxygens (including phenoxy) is 1. The number of nitrogens with zero attached hydrogens (tertiary/aromatic N) is 1. The number of benzene rings is 1. The molecule has 0 unspecified atom stereocenters. The van der Waals surface area contributed by atoms with E-state index in [2.05, 4.69) is 15.0 Å². The van der Waals surface area contributed by atoms with E-state index in [1.807, 2.05) is 6.07 Å². The lowest BCUT2D eigenvalue weighted by molar-refractivity contribution is -0.253. The molecule has 0 aromatic heterocycles. The predicted octanol–water partition coefficient (Wildman–Crippen LogP) is 4.12. The van der Waals surface area contributed by atoms with Crippen molar-refractivity contribution in [2.24, 2.45) is 5.92 Å². The zero-order valence-corrected chi connectivity index (χ0v) is 15.1. The molecule has 0 bridgehead atoms. The third-order valence-corrected chi connectivity index (χ3v) is 4.32. The van der Waals surface area contributed by atoms with Crippen LogP contribution in [0.4, 0.5) is 17.6 Å². The maximum absolute atomic E-state index is 13.1. The summed E-state index contributed by atoms with van der Waals surface area (Å²) < 4.78 is 55.0. The first kappa shape index (κ1) is 22.3. The Labute approximate surface area is 156 Å². The first-order valence-electron chi connectivity index (χ1n) is 7.87. The minimum absolute atomic E-state index is 0. The van der Waals surface area contributed by atoms with Crippen molar-refractivity contribution in [3.63, 3.8) is 0 Å². The molecule has 1 saturated heterocycles. The predicted molar refractivity (Wildman–Crippen MR) is 92.4 cm³/mol. The highest BCUT2D eigenvalue weighted by molar-refractivity contribution is 5.85. The van der Waals surface area contributed by atoms with Gasteiger partial charge in [-0.25, -0.2) is 0 Å². The summed E-state index contributed by atoms with van der Waals surface area (Å²) in [6.07, 6.45) is -6.11. The number of hydrogen-bond acceptors (Lipinski definition) is 3. The average Bonchev–Trinajstić information content (AvgIpc) is 3.33. The summed E-state index contributed by atoms with van der Waals surface area (Å²) >= 11 is 0. The molecule has 1 atom stereocenters. The van der Waals surface area contributed by atoms with Crippen LogP contribution in [0.1, 0.15) is 24.4 Å². The third kappa shape index (κ3) is 5.61. The molecule has 2 aliphatic rings. The van der Waals surface area contributed by atoms with E-state index >= 15 is 0 Å². The molecule has 0 spiro atoms. The van der Waals surface area contributed by atoms with Gasteiger partial charge < -0.3 is 10.1 Å². The molecule has 3 nitrogen and oxygen atoms in total. The summed E-state index contributed by atoms with van der Waals surface area (Å²) in [6, 6.07) is 6.35. The Morgan fingerprint density at radius 3 is 2.32 bits per heavy atom. The largest absolute Gasteiger partial charge is 0.461 e. The Morgan fingerprint density at radius 1 is 1.12 bits per heavy atom. The zero-order valence-electron chi connectivity index (χ0n) is 13.5. The number of nitrogens with one attached hydrogen (secondary N) is 1. The van der Waals surface area contributed by atoms with Crippen molar-refractivity contribution in [3.05, 3.63) is 29.8 Å². The second-order valence-electron chi connectivity index (χ2n) is 6.11. The lowest BCUT2D eigenvalue weighted by Gasteiger charge is -2.35. The minimum atomic E-state index is -4.47. The van der Waals surface area contributed by atoms with E-state index in [0.717, 1.165) is 44.6 Å². The van der Waals surface area contributed by atoms with Crippen LogP contribution in [0.2, 0.25) is 0 Å². The highest BCUT2D eigenvalue weighted by Crippen LogP contribution is 2.45. The molecule has 1 saturated carbocycles. The zero-order chi connectivity index (χ0) is 16.4. The molecule has 2 fully saturated rings. The summed E-state index contributed by atoms with van der Waals surface area (Å²) in [5.74, 6) is 0.285. The van der Waals surface area contributed by atoms with Crippen molar-refractivity contribution in [3.8, 4) is 5.75 Å². The van der Waals surface area contributed by atoms with Gasteiger partial charge in [-0.15, -0.1) is 24.8 Å². The maximum atomic E-state index is 13.1. The van der Waals surface area contributed by atoms with E-state index in [1.165, 1.54) is 12.1 Å². The fraction of sp³-hybridized carbons (Fsp3) is 0.625. The van der Waals surface area contributed by atoms with Crippen molar-refractivity contribution in [2.75, 3.05) is 26.2 Å². The molecule has 3 rings (SSSR count). The Morgan fingerprint density at radius 2 is 1.76 bits per heavy atom. The SMILES string of the molecule is Cl.Cl.FC(F)C(F)(F)Oc1cccc([C@@H](C2CC2)N2CCNCC2)c1. The van der Waals surface area contributed by atoms with E-state index in [4.69, 9.17) is 0 Å². The van der Waals surface area contributed by atoms with E-state index in [-0.39, 0.29) is 36.6 Å². The summed E-state index contributed by atoms with van der Waals surface area (Å²) in [7, 11) is 0. The van der Waals surface area contributed by atoms with Gasteiger partial charge in [0.25, 0.3) is 0 Å². The van der Waals surface area contributed by atoms with Crippen LogP contribution < -0.4 is 10.1 Å². The van der Waals surface area contributed by atoms with Crippen LogP contribution in [0.15, 0.2) is 24.3 Å². The standard InChI is InChI=1S/C16H20F4N2O.2ClH/c17-15(18)16(19,20)23-13-3-1-2-12(10-13)14(11-4-5-11)22-8-6-21-7-9-22;;/h1-3,10-11,14-15,21H,4-9H2;2*1H/t14-;;/m1../s1. The van der Waals surface area contributed by atoms with Gasteiger partial charge in [-0.2, -0.15) is 17.6 Å².